The van der Waals surface area contributed by atoms with Crippen molar-refractivity contribution in [2.75, 3.05) is 6.54 Å². The van der Waals surface area contributed by atoms with Crippen LogP contribution in [0.1, 0.15) is 19.5 Å². The number of carbonyl (C=O) groups excluding carboxylic acids is 3. The van der Waals surface area contributed by atoms with E-state index < -0.39 is 54.5 Å². The van der Waals surface area contributed by atoms with Crippen LogP contribution in [0.15, 0.2) is 12.5 Å². The first-order valence-corrected chi connectivity index (χ1v) is 8.13. The first-order valence-electron chi connectivity index (χ1n) is 8.13. The number of carboxylic acid groups (broad SMARTS) is 1. The fourth-order valence-corrected chi connectivity index (χ4v) is 2.05. The molecule has 1 aromatic heterocycles. The van der Waals surface area contributed by atoms with Gasteiger partial charge in [-0.3, -0.25) is 14.4 Å². The van der Waals surface area contributed by atoms with Crippen LogP contribution in [0.25, 0.3) is 0 Å². The number of imidazole rings is 1. The van der Waals surface area contributed by atoms with Gasteiger partial charge in [0.15, 0.2) is 6.04 Å². The summed E-state index contributed by atoms with van der Waals surface area (Å²) in [6, 6.07) is -3.36. The van der Waals surface area contributed by atoms with Crippen molar-refractivity contribution in [3.63, 3.8) is 0 Å². The Hall–Kier alpha value is -2.99. The summed E-state index contributed by atoms with van der Waals surface area (Å²) >= 11 is 0. The maximum absolute atomic E-state index is 12.0. The van der Waals surface area contributed by atoms with Crippen LogP contribution < -0.4 is 21.7 Å². The van der Waals surface area contributed by atoms with E-state index in [0.717, 1.165) is 0 Å². The Morgan fingerprint density at radius 2 is 1.89 bits per heavy atom. The summed E-state index contributed by atoms with van der Waals surface area (Å²) < 4.78 is 0. The van der Waals surface area contributed by atoms with Gasteiger partial charge in [0, 0.05) is 18.3 Å². The number of aromatic nitrogens is 2. The van der Waals surface area contributed by atoms with Crippen LogP contribution in [0, 0.1) is 0 Å². The van der Waals surface area contributed by atoms with Crippen molar-refractivity contribution >= 4 is 23.7 Å². The lowest BCUT2D eigenvalue weighted by molar-refractivity contribution is -0.144. The summed E-state index contributed by atoms with van der Waals surface area (Å²) in [7, 11) is 0. The fraction of sp³-hybridized carbons (Fsp3) is 0.533. The Kier molecular flexibility index (Phi) is 8.35. The topological polar surface area (TPSA) is 200 Å². The Morgan fingerprint density at radius 3 is 2.41 bits per heavy atom. The van der Waals surface area contributed by atoms with Gasteiger partial charge in [0.2, 0.25) is 17.7 Å². The average Bonchev–Trinajstić information content (AvgIpc) is 3.09. The number of H-pyrrole nitrogens is 1. The highest BCUT2D eigenvalue weighted by atomic mass is 16.4. The molecule has 0 aliphatic heterocycles. The van der Waals surface area contributed by atoms with E-state index in [9.17, 15) is 24.3 Å². The van der Waals surface area contributed by atoms with Crippen LogP contribution >= 0.6 is 0 Å². The molecule has 12 nitrogen and oxygen atoms in total. The third kappa shape index (κ3) is 7.42. The molecule has 27 heavy (non-hydrogen) atoms. The van der Waals surface area contributed by atoms with E-state index >= 15 is 0 Å². The van der Waals surface area contributed by atoms with E-state index in [1.54, 1.807) is 0 Å². The van der Waals surface area contributed by atoms with Gasteiger partial charge in [-0.2, -0.15) is 0 Å². The molecule has 150 valence electrons. The smallest absolute Gasteiger partial charge is 0.328 e. The van der Waals surface area contributed by atoms with Gasteiger partial charge in [-0.25, -0.2) is 9.78 Å². The standard InChI is InChI=1S/C15H24N6O6/c1-7(20-14(25)10(16)3-9-4-17-6-19-9)13(24)18-5-11(23)21-12(8(2)22)15(26)27/h4,6-8,10,12,22H,3,5,16H2,1-2H3,(H,17,19)(H,18,24)(H,20,25)(H,21,23)(H,26,27)/t7-,8+,10-,12-/m0/s1. The zero-order valence-electron chi connectivity index (χ0n) is 14.9. The summed E-state index contributed by atoms with van der Waals surface area (Å²) in [5.41, 5.74) is 6.42. The first-order chi connectivity index (χ1) is 12.6. The van der Waals surface area contributed by atoms with Gasteiger partial charge in [-0.15, -0.1) is 0 Å². The van der Waals surface area contributed by atoms with Crippen LogP contribution in [-0.2, 0) is 25.6 Å². The van der Waals surface area contributed by atoms with Gasteiger partial charge in [-0.05, 0) is 13.8 Å². The Balaban J connectivity index is 2.41. The van der Waals surface area contributed by atoms with E-state index in [-0.39, 0.29) is 6.42 Å². The molecule has 0 bridgehead atoms. The number of hydrogen-bond donors (Lipinski definition) is 7. The number of nitrogens with zero attached hydrogens (tertiary/aromatic N) is 1. The minimum atomic E-state index is -1.49. The predicted molar refractivity (Wildman–Crippen MR) is 92.1 cm³/mol. The number of aromatic amines is 1. The van der Waals surface area contributed by atoms with Gasteiger partial charge >= 0.3 is 5.97 Å². The number of aliphatic hydroxyl groups is 1. The van der Waals surface area contributed by atoms with Crippen molar-refractivity contribution in [2.45, 2.75) is 44.5 Å². The molecule has 0 aliphatic carbocycles. The highest BCUT2D eigenvalue weighted by Gasteiger charge is 2.25. The maximum Gasteiger partial charge on any atom is 0.328 e. The van der Waals surface area contributed by atoms with Crippen molar-refractivity contribution in [3.8, 4) is 0 Å². The molecule has 1 aromatic rings. The number of amides is 3. The van der Waals surface area contributed by atoms with E-state index in [1.165, 1.54) is 26.4 Å². The van der Waals surface area contributed by atoms with E-state index in [0.29, 0.717) is 5.69 Å². The molecule has 0 saturated carbocycles. The lowest BCUT2D eigenvalue weighted by atomic mass is 10.1. The monoisotopic (exact) mass is 384 g/mol. The van der Waals surface area contributed by atoms with Gasteiger partial charge < -0.3 is 36.9 Å². The molecule has 3 amide bonds. The third-order valence-corrected chi connectivity index (χ3v) is 3.57. The van der Waals surface area contributed by atoms with Crippen molar-refractivity contribution in [3.05, 3.63) is 18.2 Å². The van der Waals surface area contributed by atoms with Gasteiger partial charge in [0.1, 0.15) is 6.04 Å². The molecule has 8 N–H and O–H groups in total. The molecule has 0 saturated heterocycles. The maximum atomic E-state index is 12.0. The van der Waals surface area contributed by atoms with Crippen molar-refractivity contribution in [1.29, 1.82) is 0 Å². The molecule has 4 atom stereocenters. The normalized spacial score (nSPS) is 15.1. The first kappa shape index (κ1) is 22.1. The van der Waals surface area contributed by atoms with Gasteiger partial charge in [-0.1, -0.05) is 0 Å². The molecular weight excluding hydrogens is 360 g/mol. The zero-order chi connectivity index (χ0) is 20.6. The molecule has 1 rings (SSSR count). The molecule has 0 aliphatic rings. The molecule has 12 heteroatoms. The second-order valence-corrected chi connectivity index (χ2v) is 5.96. The molecule has 0 fully saturated rings. The number of rotatable bonds is 10. The number of nitrogens with two attached hydrogens (primary N) is 1. The van der Waals surface area contributed by atoms with E-state index in [2.05, 4.69) is 25.9 Å². The van der Waals surface area contributed by atoms with Crippen LogP contribution in [0.2, 0.25) is 0 Å². The van der Waals surface area contributed by atoms with E-state index in [4.69, 9.17) is 10.8 Å². The number of carbonyl (C=O) groups is 4. The van der Waals surface area contributed by atoms with Crippen molar-refractivity contribution in [2.24, 2.45) is 5.73 Å². The molecule has 1 heterocycles. The van der Waals surface area contributed by atoms with Gasteiger partial charge in [0.25, 0.3) is 0 Å². The predicted octanol–water partition coefficient (Wildman–Crippen LogP) is -3.15. The minimum absolute atomic E-state index is 0.207. The lowest BCUT2D eigenvalue weighted by Crippen LogP contribution is -2.53. The third-order valence-electron chi connectivity index (χ3n) is 3.57. The number of aliphatic carboxylic acids is 1. The summed E-state index contributed by atoms with van der Waals surface area (Å²) in [5, 5.41) is 24.9. The molecule has 0 aromatic carbocycles. The number of hydrogen-bond acceptors (Lipinski definition) is 7. The molecule has 0 spiro atoms. The Labute approximate surface area is 154 Å². The quantitative estimate of drug-likeness (QED) is 0.219. The van der Waals surface area contributed by atoms with Crippen LogP contribution in [0.3, 0.4) is 0 Å². The lowest BCUT2D eigenvalue weighted by Gasteiger charge is -2.19. The summed E-state index contributed by atoms with van der Waals surface area (Å²) in [6.07, 6.45) is 1.88. The largest absolute Gasteiger partial charge is 0.480 e. The Morgan fingerprint density at radius 1 is 1.22 bits per heavy atom. The van der Waals surface area contributed by atoms with Crippen molar-refractivity contribution < 1.29 is 29.4 Å². The molecular formula is C15H24N6O6. The molecule has 0 radical (unpaired) electrons. The van der Waals surface area contributed by atoms with Crippen LogP contribution in [0.5, 0.6) is 0 Å². The second-order valence-electron chi connectivity index (χ2n) is 5.96. The Bertz CT molecular complexity index is 662. The summed E-state index contributed by atoms with van der Waals surface area (Å²) in [5.74, 6) is -3.42. The molecule has 0 unspecified atom stereocenters. The van der Waals surface area contributed by atoms with Crippen molar-refractivity contribution in [1.82, 2.24) is 25.9 Å². The highest BCUT2D eigenvalue weighted by molar-refractivity contribution is 5.92. The summed E-state index contributed by atoms with van der Waals surface area (Å²) in [4.78, 5) is 53.1. The van der Waals surface area contributed by atoms with E-state index in [1.807, 2.05) is 0 Å². The fourth-order valence-electron chi connectivity index (χ4n) is 2.05. The SMILES string of the molecule is C[C@H](NC(=O)[C@@H](N)Cc1cnc[nH]1)C(=O)NCC(=O)N[C@H](C(=O)O)[C@@H](C)O. The number of nitrogens with one attached hydrogen (secondary N) is 4. The number of aliphatic hydroxyl groups excluding tert-OH is 1. The second kappa shape index (κ2) is 10.2. The summed E-state index contributed by atoms with van der Waals surface area (Å²) in [6.45, 7) is 2.10. The number of carboxylic acids is 1. The highest BCUT2D eigenvalue weighted by Crippen LogP contribution is 1.97. The minimum Gasteiger partial charge on any atom is -0.480 e. The zero-order valence-corrected chi connectivity index (χ0v) is 14.9. The van der Waals surface area contributed by atoms with Crippen LogP contribution in [-0.4, -0.2) is 74.6 Å². The average molecular weight is 384 g/mol. The van der Waals surface area contributed by atoms with Gasteiger partial charge in [0.05, 0.1) is 25.0 Å². The van der Waals surface area contributed by atoms with Crippen LogP contribution in [0.4, 0.5) is 0 Å².